The number of rotatable bonds is 8. The molecule has 31 heavy (non-hydrogen) atoms. The third kappa shape index (κ3) is 4.95. The number of hydrogen-bond acceptors (Lipinski definition) is 8. The summed E-state index contributed by atoms with van der Waals surface area (Å²) in [7, 11) is -5.69. The molecular weight excluding hydrogens is 450 g/mol. The second-order valence-electron chi connectivity index (χ2n) is 6.80. The Labute approximate surface area is 179 Å². The maximum absolute atomic E-state index is 12.7. The van der Waals surface area contributed by atoms with E-state index in [4.69, 9.17) is 9.47 Å². The zero-order chi connectivity index (χ0) is 22.8. The predicted molar refractivity (Wildman–Crippen MR) is 110 cm³/mol. The van der Waals surface area contributed by atoms with Gasteiger partial charge < -0.3 is 9.47 Å². The highest BCUT2D eigenvalue weighted by atomic mass is 32.2. The highest BCUT2D eigenvalue weighted by molar-refractivity contribution is 7.90. The van der Waals surface area contributed by atoms with Crippen molar-refractivity contribution in [1.82, 2.24) is 9.03 Å². The van der Waals surface area contributed by atoms with Gasteiger partial charge in [-0.25, -0.2) is 25.9 Å². The fourth-order valence-electron chi connectivity index (χ4n) is 2.89. The van der Waals surface area contributed by atoms with Crippen molar-refractivity contribution in [3.63, 3.8) is 0 Å². The molecule has 0 bridgehead atoms. The van der Waals surface area contributed by atoms with Crippen LogP contribution in [0.2, 0.25) is 0 Å². The van der Waals surface area contributed by atoms with Crippen LogP contribution >= 0.6 is 0 Å². The largest absolute Gasteiger partial charge is 0.486 e. The summed E-state index contributed by atoms with van der Waals surface area (Å²) in [4.78, 5) is 9.51. The first-order valence-corrected chi connectivity index (χ1v) is 12.0. The number of fused-ring (bicyclic) bond motifs is 1. The van der Waals surface area contributed by atoms with Crippen molar-refractivity contribution in [3.8, 4) is 11.5 Å². The first kappa shape index (κ1) is 22.9. The number of nitrogens with one attached hydrogen (secondary N) is 1. The van der Waals surface area contributed by atoms with Gasteiger partial charge in [0.1, 0.15) is 13.2 Å². The van der Waals surface area contributed by atoms with Gasteiger partial charge in [0.15, 0.2) is 16.4 Å². The molecule has 2 aromatic carbocycles. The molecule has 0 saturated carbocycles. The molecule has 0 aromatic heterocycles. The molecule has 0 aliphatic carbocycles. The number of ether oxygens (including phenoxy) is 2. The standard InChI is InChI=1S/C18H21N3O8S2/c1-20(2)31(26,27)14-4-6-18(15(12-14)21(22)23)30(24,25)19-8-7-13-3-5-16-17(11-13)29-10-9-28-16/h3-6,11-12,19H,7-10H2,1-2H3. The van der Waals surface area contributed by atoms with E-state index in [9.17, 15) is 26.9 Å². The zero-order valence-corrected chi connectivity index (χ0v) is 18.4. The molecule has 0 saturated heterocycles. The summed E-state index contributed by atoms with van der Waals surface area (Å²) in [5.74, 6) is 1.18. The number of nitro groups is 1. The topological polar surface area (TPSA) is 145 Å². The normalized spacial score (nSPS) is 13.9. The number of benzene rings is 2. The quantitative estimate of drug-likeness (QED) is 0.446. The molecule has 1 heterocycles. The van der Waals surface area contributed by atoms with Gasteiger partial charge in [0.05, 0.1) is 9.82 Å². The van der Waals surface area contributed by atoms with Crippen LogP contribution in [-0.2, 0) is 26.5 Å². The van der Waals surface area contributed by atoms with Crippen LogP contribution in [0.5, 0.6) is 11.5 Å². The Kier molecular flexibility index (Phi) is 6.50. The molecule has 0 atom stereocenters. The fourth-order valence-corrected chi connectivity index (χ4v) is 4.99. The summed E-state index contributed by atoms with van der Waals surface area (Å²) in [5.41, 5.74) is -0.0383. The van der Waals surface area contributed by atoms with Crippen molar-refractivity contribution < 1.29 is 31.2 Å². The van der Waals surface area contributed by atoms with Gasteiger partial charge in [-0.15, -0.1) is 0 Å². The van der Waals surface area contributed by atoms with Gasteiger partial charge in [0.25, 0.3) is 5.69 Å². The minimum atomic E-state index is -4.26. The first-order chi connectivity index (χ1) is 14.5. The second-order valence-corrected chi connectivity index (χ2v) is 10.7. The van der Waals surface area contributed by atoms with Crippen molar-refractivity contribution in [3.05, 3.63) is 52.1 Å². The summed E-state index contributed by atoms with van der Waals surface area (Å²) < 4.78 is 63.9. The Hall–Kier alpha value is -2.74. The molecule has 0 fully saturated rings. The van der Waals surface area contributed by atoms with Gasteiger partial charge in [-0.1, -0.05) is 6.07 Å². The van der Waals surface area contributed by atoms with Crippen LogP contribution in [0.3, 0.4) is 0 Å². The van der Waals surface area contributed by atoms with E-state index in [-0.39, 0.29) is 11.4 Å². The van der Waals surface area contributed by atoms with E-state index in [0.29, 0.717) is 31.1 Å². The number of nitrogens with zero attached hydrogens (tertiary/aromatic N) is 2. The smallest absolute Gasteiger partial charge is 0.290 e. The summed E-state index contributed by atoms with van der Waals surface area (Å²) in [6, 6.07) is 7.92. The Morgan fingerprint density at radius 2 is 1.71 bits per heavy atom. The SMILES string of the molecule is CN(C)S(=O)(=O)c1ccc(S(=O)(=O)NCCc2ccc3c(c2)OCCO3)c([N+](=O)[O-])c1. The number of sulfonamides is 2. The molecule has 0 spiro atoms. The van der Waals surface area contributed by atoms with E-state index in [1.54, 1.807) is 18.2 Å². The lowest BCUT2D eigenvalue weighted by Crippen LogP contribution is -2.27. The highest BCUT2D eigenvalue weighted by Gasteiger charge is 2.29. The monoisotopic (exact) mass is 471 g/mol. The van der Waals surface area contributed by atoms with E-state index in [0.717, 1.165) is 28.1 Å². The third-order valence-electron chi connectivity index (χ3n) is 4.51. The molecule has 11 nitrogen and oxygen atoms in total. The minimum absolute atomic E-state index is 0.0309. The number of nitro benzene ring substituents is 1. The average Bonchev–Trinajstić information content (AvgIpc) is 2.73. The van der Waals surface area contributed by atoms with Crippen LogP contribution in [0, 0.1) is 10.1 Å². The fraction of sp³-hybridized carbons (Fsp3) is 0.333. The molecule has 2 aromatic rings. The van der Waals surface area contributed by atoms with E-state index in [2.05, 4.69) is 4.72 Å². The van der Waals surface area contributed by atoms with E-state index in [1.807, 2.05) is 0 Å². The van der Waals surface area contributed by atoms with Crippen molar-refractivity contribution >= 4 is 25.7 Å². The lowest BCUT2D eigenvalue weighted by Gasteiger charge is -2.18. The van der Waals surface area contributed by atoms with Crippen molar-refractivity contribution in [1.29, 1.82) is 0 Å². The van der Waals surface area contributed by atoms with Crippen LogP contribution in [0.4, 0.5) is 5.69 Å². The summed E-state index contributed by atoms with van der Waals surface area (Å²) >= 11 is 0. The molecule has 1 N–H and O–H groups in total. The van der Waals surface area contributed by atoms with Crippen molar-refractivity contribution in [2.45, 2.75) is 16.2 Å². The third-order valence-corrected chi connectivity index (χ3v) is 7.83. The first-order valence-electron chi connectivity index (χ1n) is 9.11. The van der Waals surface area contributed by atoms with Crippen LogP contribution in [0.25, 0.3) is 0 Å². The summed E-state index contributed by atoms with van der Waals surface area (Å²) in [5, 5.41) is 11.4. The Bertz CT molecular complexity index is 1210. The van der Waals surface area contributed by atoms with Crippen molar-refractivity contribution in [2.24, 2.45) is 0 Å². The predicted octanol–water partition coefficient (Wildman–Crippen LogP) is 1.14. The Morgan fingerprint density at radius 3 is 2.35 bits per heavy atom. The Morgan fingerprint density at radius 1 is 1.03 bits per heavy atom. The van der Waals surface area contributed by atoms with Crippen LogP contribution in [0.15, 0.2) is 46.2 Å². The molecule has 0 amide bonds. The van der Waals surface area contributed by atoms with Crippen LogP contribution in [-0.4, -0.2) is 59.9 Å². The van der Waals surface area contributed by atoms with E-state index in [1.165, 1.54) is 14.1 Å². The molecule has 1 aliphatic heterocycles. The van der Waals surface area contributed by atoms with E-state index < -0.39 is 35.6 Å². The van der Waals surface area contributed by atoms with E-state index >= 15 is 0 Å². The van der Waals surface area contributed by atoms with Crippen LogP contribution in [0.1, 0.15) is 5.56 Å². The molecule has 13 heteroatoms. The average molecular weight is 472 g/mol. The van der Waals surface area contributed by atoms with Crippen molar-refractivity contribution in [2.75, 3.05) is 33.9 Å². The molecule has 1 aliphatic rings. The summed E-state index contributed by atoms with van der Waals surface area (Å²) in [6.45, 7) is 0.850. The lowest BCUT2D eigenvalue weighted by molar-refractivity contribution is -0.388. The minimum Gasteiger partial charge on any atom is -0.486 e. The van der Waals surface area contributed by atoms with Gasteiger partial charge in [-0.2, -0.15) is 0 Å². The maximum atomic E-state index is 12.7. The zero-order valence-electron chi connectivity index (χ0n) is 16.8. The van der Waals surface area contributed by atoms with Gasteiger partial charge in [0, 0.05) is 26.7 Å². The molecule has 168 valence electrons. The highest BCUT2D eigenvalue weighted by Crippen LogP contribution is 2.31. The maximum Gasteiger partial charge on any atom is 0.290 e. The molecular formula is C18H21N3O8S2. The molecule has 0 radical (unpaired) electrons. The van der Waals surface area contributed by atoms with Crippen LogP contribution < -0.4 is 14.2 Å². The Balaban J connectivity index is 1.79. The van der Waals surface area contributed by atoms with Gasteiger partial charge >= 0.3 is 0 Å². The molecule has 0 unspecified atom stereocenters. The van der Waals surface area contributed by atoms with Gasteiger partial charge in [-0.3, -0.25) is 10.1 Å². The number of hydrogen-bond donors (Lipinski definition) is 1. The van der Waals surface area contributed by atoms with Gasteiger partial charge in [0.2, 0.25) is 20.0 Å². The second kappa shape index (κ2) is 8.78. The van der Waals surface area contributed by atoms with Gasteiger partial charge in [-0.05, 0) is 36.2 Å². The molecule has 3 rings (SSSR count). The lowest BCUT2D eigenvalue weighted by atomic mass is 10.1. The summed E-state index contributed by atoms with van der Waals surface area (Å²) in [6.07, 6.45) is 0.302.